The molecule has 288 valence electrons. The van der Waals surface area contributed by atoms with Crippen molar-refractivity contribution in [2.24, 2.45) is 0 Å². The maximum Gasteiger partial charge on any atom is 0.160 e. The summed E-state index contributed by atoms with van der Waals surface area (Å²) >= 11 is 0. The molecular formula is C58H36N4. The van der Waals surface area contributed by atoms with Crippen LogP contribution < -0.4 is 0 Å². The molecule has 0 spiro atoms. The summed E-state index contributed by atoms with van der Waals surface area (Å²) in [6, 6.07) is 74.9. The van der Waals surface area contributed by atoms with Crippen molar-refractivity contribution in [1.82, 2.24) is 19.9 Å². The molecule has 4 nitrogen and oxygen atoms in total. The molecule has 0 bridgehead atoms. The number of fused-ring (bicyclic) bond motifs is 7. The van der Waals surface area contributed by atoms with E-state index in [0.717, 1.165) is 67.1 Å². The lowest BCUT2D eigenvalue weighted by Gasteiger charge is -2.16. The lowest BCUT2D eigenvalue weighted by atomic mass is 9.90. The van der Waals surface area contributed by atoms with Crippen molar-refractivity contribution in [2.45, 2.75) is 0 Å². The Balaban J connectivity index is 1.06. The van der Waals surface area contributed by atoms with E-state index in [1.54, 1.807) is 0 Å². The SMILES string of the molecule is c1ccc(-c2cc(-c3ccc(-c4cc(-c5cc6ccccc6c6ccccc56)nc5ccc(-c6cc7ccccc7c7ccccc67)cc45)cn3)nc(-c3ccccc3)n2)cc1. The maximum absolute atomic E-state index is 5.44. The Labute approximate surface area is 358 Å². The molecule has 3 heterocycles. The standard InChI is InChI=1S/C58H36N4/c1-3-15-37(16-4-1)55-35-57(62-58(61-55)38-17-5-2-6-18-38)54-30-28-42(36-59-54)50-34-56(51-32-40-20-8-10-22-44(40)46-24-12-14-26-48(46)51)60-53-29-27-41(33-52(50)53)49-31-39-19-7-9-21-43(39)45-23-11-13-25-47(45)49/h1-36H. The van der Waals surface area contributed by atoms with Crippen LogP contribution in [0.15, 0.2) is 219 Å². The van der Waals surface area contributed by atoms with Gasteiger partial charge in [-0.3, -0.25) is 4.98 Å². The summed E-state index contributed by atoms with van der Waals surface area (Å²) in [6.45, 7) is 0. The van der Waals surface area contributed by atoms with Crippen molar-refractivity contribution in [3.05, 3.63) is 219 Å². The zero-order valence-electron chi connectivity index (χ0n) is 33.6. The Kier molecular flexibility index (Phi) is 8.46. The summed E-state index contributed by atoms with van der Waals surface area (Å²) in [4.78, 5) is 20.6. The number of benzene rings is 9. The molecule has 0 atom stereocenters. The van der Waals surface area contributed by atoms with E-state index in [9.17, 15) is 0 Å². The summed E-state index contributed by atoms with van der Waals surface area (Å²) in [5, 5.41) is 10.8. The van der Waals surface area contributed by atoms with Gasteiger partial charge in [0.25, 0.3) is 0 Å². The number of rotatable bonds is 6. The van der Waals surface area contributed by atoms with Crippen molar-refractivity contribution in [1.29, 1.82) is 0 Å². The van der Waals surface area contributed by atoms with E-state index < -0.39 is 0 Å². The van der Waals surface area contributed by atoms with Crippen molar-refractivity contribution in [2.75, 3.05) is 0 Å². The Morgan fingerprint density at radius 3 is 1.45 bits per heavy atom. The smallest absolute Gasteiger partial charge is 0.160 e. The molecule has 0 saturated carbocycles. The van der Waals surface area contributed by atoms with Crippen LogP contribution >= 0.6 is 0 Å². The average Bonchev–Trinajstić information content (AvgIpc) is 3.36. The van der Waals surface area contributed by atoms with Gasteiger partial charge < -0.3 is 0 Å². The zero-order valence-corrected chi connectivity index (χ0v) is 33.6. The van der Waals surface area contributed by atoms with Crippen molar-refractivity contribution >= 4 is 54.0 Å². The monoisotopic (exact) mass is 788 g/mol. The summed E-state index contributed by atoms with van der Waals surface area (Å²) < 4.78 is 0. The number of hydrogen-bond acceptors (Lipinski definition) is 4. The lowest BCUT2D eigenvalue weighted by molar-refractivity contribution is 1.16. The van der Waals surface area contributed by atoms with Gasteiger partial charge in [-0.05, 0) is 102 Å². The lowest BCUT2D eigenvalue weighted by Crippen LogP contribution is -1.97. The summed E-state index contributed by atoms with van der Waals surface area (Å²) in [5.74, 6) is 0.661. The van der Waals surface area contributed by atoms with Gasteiger partial charge in [0.05, 0.1) is 28.3 Å². The largest absolute Gasteiger partial charge is 0.254 e. The third-order valence-corrected chi connectivity index (χ3v) is 12.1. The van der Waals surface area contributed by atoms with Gasteiger partial charge in [-0.25, -0.2) is 15.0 Å². The predicted molar refractivity (Wildman–Crippen MR) is 258 cm³/mol. The highest BCUT2D eigenvalue weighted by Crippen LogP contribution is 2.41. The van der Waals surface area contributed by atoms with Gasteiger partial charge in [0.15, 0.2) is 5.82 Å². The van der Waals surface area contributed by atoms with Gasteiger partial charge in [-0.1, -0.05) is 170 Å². The van der Waals surface area contributed by atoms with E-state index in [-0.39, 0.29) is 0 Å². The van der Waals surface area contributed by atoms with Gasteiger partial charge in [0.2, 0.25) is 0 Å². The minimum absolute atomic E-state index is 0.661. The molecule has 0 aliphatic carbocycles. The third-order valence-electron chi connectivity index (χ3n) is 12.1. The Morgan fingerprint density at radius 1 is 0.258 bits per heavy atom. The Hall–Kier alpha value is -8.34. The van der Waals surface area contributed by atoms with E-state index in [1.807, 2.05) is 60.8 Å². The van der Waals surface area contributed by atoms with Gasteiger partial charge in [0, 0.05) is 33.8 Å². The van der Waals surface area contributed by atoms with Crippen molar-refractivity contribution < 1.29 is 0 Å². The van der Waals surface area contributed by atoms with E-state index in [2.05, 4.69) is 158 Å². The van der Waals surface area contributed by atoms with Crippen LogP contribution in [0.5, 0.6) is 0 Å². The van der Waals surface area contributed by atoms with Crippen LogP contribution in [0.1, 0.15) is 0 Å². The van der Waals surface area contributed by atoms with Crippen LogP contribution in [0, 0.1) is 0 Å². The topological polar surface area (TPSA) is 51.6 Å². The molecule has 4 heteroatoms. The molecular weight excluding hydrogens is 753 g/mol. The molecule has 12 aromatic rings. The minimum atomic E-state index is 0.661. The van der Waals surface area contributed by atoms with E-state index in [4.69, 9.17) is 19.9 Å². The van der Waals surface area contributed by atoms with E-state index in [1.165, 1.54) is 48.7 Å². The molecule has 0 radical (unpaired) electrons. The molecule has 0 N–H and O–H groups in total. The van der Waals surface area contributed by atoms with Gasteiger partial charge in [-0.2, -0.15) is 0 Å². The second-order valence-electron chi connectivity index (χ2n) is 15.8. The quantitative estimate of drug-likeness (QED) is 0.158. The van der Waals surface area contributed by atoms with Crippen LogP contribution in [0.2, 0.25) is 0 Å². The molecule has 3 aromatic heterocycles. The first-order valence-electron chi connectivity index (χ1n) is 21.0. The first-order valence-corrected chi connectivity index (χ1v) is 21.0. The van der Waals surface area contributed by atoms with E-state index in [0.29, 0.717) is 5.82 Å². The normalized spacial score (nSPS) is 11.5. The third kappa shape index (κ3) is 6.16. The maximum atomic E-state index is 5.44. The molecule has 0 aliphatic rings. The zero-order chi connectivity index (χ0) is 41.0. The fourth-order valence-electron chi connectivity index (χ4n) is 9.09. The Bertz CT molecular complexity index is 3620. The molecule has 62 heavy (non-hydrogen) atoms. The molecule has 0 aliphatic heterocycles. The highest BCUT2D eigenvalue weighted by molar-refractivity contribution is 6.16. The highest BCUT2D eigenvalue weighted by atomic mass is 14.9. The second-order valence-corrected chi connectivity index (χ2v) is 15.8. The number of pyridine rings is 2. The molecule has 0 unspecified atom stereocenters. The molecule has 0 saturated heterocycles. The summed E-state index contributed by atoms with van der Waals surface area (Å²) in [6.07, 6.45) is 1.98. The number of hydrogen-bond donors (Lipinski definition) is 0. The number of aromatic nitrogens is 4. The van der Waals surface area contributed by atoms with Crippen molar-refractivity contribution in [3.8, 4) is 67.5 Å². The predicted octanol–water partition coefficient (Wildman–Crippen LogP) is 15.0. The van der Waals surface area contributed by atoms with Crippen LogP contribution in [-0.2, 0) is 0 Å². The first-order chi connectivity index (χ1) is 30.7. The summed E-state index contributed by atoms with van der Waals surface area (Å²) in [5.41, 5.74) is 11.7. The second kappa shape index (κ2) is 14.7. The van der Waals surface area contributed by atoms with Crippen LogP contribution in [0.25, 0.3) is 122 Å². The van der Waals surface area contributed by atoms with Crippen LogP contribution in [0.3, 0.4) is 0 Å². The Morgan fingerprint density at radius 2 is 0.790 bits per heavy atom. The number of nitrogens with zero attached hydrogens (tertiary/aromatic N) is 4. The van der Waals surface area contributed by atoms with Crippen LogP contribution in [-0.4, -0.2) is 19.9 Å². The van der Waals surface area contributed by atoms with Gasteiger partial charge >= 0.3 is 0 Å². The van der Waals surface area contributed by atoms with Crippen molar-refractivity contribution in [3.63, 3.8) is 0 Å². The minimum Gasteiger partial charge on any atom is -0.254 e. The molecule has 12 rings (SSSR count). The average molecular weight is 789 g/mol. The summed E-state index contributed by atoms with van der Waals surface area (Å²) in [7, 11) is 0. The van der Waals surface area contributed by atoms with E-state index >= 15 is 0 Å². The van der Waals surface area contributed by atoms with Gasteiger partial charge in [0.1, 0.15) is 0 Å². The fourth-order valence-corrected chi connectivity index (χ4v) is 9.09. The van der Waals surface area contributed by atoms with Crippen LogP contribution in [0.4, 0.5) is 0 Å². The fraction of sp³-hybridized carbons (Fsp3) is 0. The molecule has 0 amide bonds. The highest BCUT2D eigenvalue weighted by Gasteiger charge is 2.18. The van der Waals surface area contributed by atoms with Gasteiger partial charge in [-0.15, -0.1) is 0 Å². The first kappa shape index (κ1) is 35.6. The molecule has 0 fully saturated rings. The molecule has 9 aromatic carbocycles.